The molecule has 0 bridgehead atoms. The van der Waals surface area contributed by atoms with E-state index >= 15 is 0 Å². The van der Waals surface area contributed by atoms with Crippen LogP contribution in [0.25, 0.3) is 0 Å². The summed E-state index contributed by atoms with van der Waals surface area (Å²) < 4.78 is 31.3. The van der Waals surface area contributed by atoms with Crippen molar-refractivity contribution in [3.8, 4) is 0 Å². The van der Waals surface area contributed by atoms with Crippen LogP contribution in [0.4, 0.5) is 0 Å². The molecule has 0 N–H and O–H groups in total. The topological polar surface area (TPSA) is 63.7 Å². The van der Waals surface area contributed by atoms with Crippen molar-refractivity contribution in [1.29, 1.82) is 0 Å². The van der Waals surface area contributed by atoms with Gasteiger partial charge in [0.05, 0.1) is 18.3 Å². The lowest BCUT2D eigenvalue weighted by Gasteiger charge is -2.24. The van der Waals surface area contributed by atoms with E-state index in [0.29, 0.717) is 19.4 Å². The van der Waals surface area contributed by atoms with Gasteiger partial charge in [-0.15, -0.1) is 0 Å². The number of sulfonamides is 1. The summed E-state index contributed by atoms with van der Waals surface area (Å²) in [5.74, 6) is -0.949. The largest absolute Gasteiger partial charge is 0.469 e. The molecule has 112 valence electrons. The van der Waals surface area contributed by atoms with Crippen molar-refractivity contribution in [2.75, 3.05) is 14.2 Å². The summed E-state index contributed by atoms with van der Waals surface area (Å²) in [5.41, 5.74) is 0.966. The first-order valence-electron chi connectivity index (χ1n) is 6.51. The van der Waals surface area contributed by atoms with Gasteiger partial charge in [-0.05, 0) is 35.2 Å². The predicted molar refractivity (Wildman–Crippen MR) is 77.9 cm³/mol. The molecule has 2 atom stereocenters. The van der Waals surface area contributed by atoms with E-state index in [4.69, 9.17) is 4.74 Å². The third-order valence-corrected chi connectivity index (χ3v) is 6.82. The van der Waals surface area contributed by atoms with Crippen LogP contribution in [-0.2, 0) is 26.1 Å². The maximum atomic E-state index is 12.6. The van der Waals surface area contributed by atoms with Gasteiger partial charge >= 0.3 is 5.97 Å². The molecule has 0 amide bonds. The lowest BCUT2D eigenvalue weighted by Crippen LogP contribution is -2.40. The molecule has 1 aromatic heterocycles. The minimum absolute atomic E-state index is 0.343. The van der Waals surface area contributed by atoms with Crippen molar-refractivity contribution in [2.24, 2.45) is 5.92 Å². The van der Waals surface area contributed by atoms with Gasteiger partial charge in [0.2, 0.25) is 10.0 Å². The van der Waals surface area contributed by atoms with E-state index in [1.165, 1.54) is 22.8 Å². The van der Waals surface area contributed by atoms with Gasteiger partial charge in [0.1, 0.15) is 0 Å². The Hall–Kier alpha value is -0.920. The van der Waals surface area contributed by atoms with Crippen molar-refractivity contribution in [3.63, 3.8) is 0 Å². The third kappa shape index (κ3) is 3.05. The number of carbonyl (C=O) groups excluding carboxylic acids is 1. The zero-order valence-electron chi connectivity index (χ0n) is 11.6. The Labute approximate surface area is 123 Å². The van der Waals surface area contributed by atoms with E-state index in [9.17, 15) is 13.2 Å². The molecule has 0 spiro atoms. The van der Waals surface area contributed by atoms with Gasteiger partial charge < -0.3 is 4.74 Å². The lowest BCUT2D eigenvalue weighted by molar-refractivity contribution is -0.145. The van der Waals surface area contributed by atoms with Crippen LogP contribution in [0.15, 0.2) is 16.8 Å². The van der Waals surface area contributed by atoms with Crippen LogP contribution in [0.3, 0.4) is 0 Å². The van der Waals surface area contributed by atoms with Gasteiger partial charge in [0.15, 0.2) is 0 Å². The molecule has 5 nitrogen and oxygen atoms in total. The first kappa shape index (κ1) is 15.5. The van der Waals surface area contributed by atoms with E-state index in [2.05, 4.69) is 0 Å². The molecule has 1 fully saturated rings. The molecule has 1 heterocycles. The van der Waals surface area contributed by atoms with Gasteiger partial charge in [-0.2, -0.15) is 11.3 Å². The number of methoxy groups -OCH3 is 1. The average Bonchev–Trinajstić information content (AvgIpc) is 3.08. The van der Waals surface area contributed by atoms with Crippen LogP contribution in [0.1, 0.15) is 24.8 Å². The molecule has 0 aliphatic heterocycles. The Kier molecular flexibility index (Phi) is 4.82. The van der Waals surface area contributed by atoms with E-state index < -0.39 is 27.2 Å². The number of ether oxygens (including phenoxy) is 1. The summed E-state index contributed by atoms with van der Waals surface area (Å²) in [6.07, 6.45) is 1.86. The van der Waals surface area contributed by atoms with Gasteiger partial charge in [0.25, 0.3) is 0 Å². The molecular weight excluding hydrogens is 298 g/mol. The van der Waals surface area contributed by atoms with E-state index in [1.807, 2.05) is 16.8 Å². The number of esters is 1. The molecule has 20 heavy (non-hydrogen) atoms. The summed E-state index contributed by atoms with van der Waals surface area (Å²) in [6.45, 7) is 0.343. The quantitative estimate of drug-likeness (QED) is 0.778. The normalized spacial score (nSPS) is 23.1. The third-order valence-electron chi connectivity index (χ3n) is 3.76. The molecule has 1 aromatic rings. The minimum Gasteiger partial charge on any atom is -0.469 e. The van der Waals surface area contributed by atoms with Crippen LogP contribution in [0.5, 0.6) is 0 Å². The fourth-order valence-electron chi connectivity index (χ4n) is 2.66. The molecule has 0 radical (unpaired) electrons. The van der Waals surface area contributed by atoms with Crippen molar-refractivity contribution >= 4 is 27.3 Å². The highest BCUT2D eigenvalue weighted by molar-refractivity contribution is 7.89. The van der Waals surface area contributed by atoms with Crippen LogP contribution < -0.4 is 0 Å². The number of nitrogens with zero attached hydrogens (tertiary/aromatic N) is 1. The first-order valence-corrected chi connectivity index (χ1v) is 8.95. The second-order valence-electron chi connectivity index (χ2n) is 5.03. The number of thiophene rings is 1. The first-order chi connectivity index (χ1) is 9.46. The van der Waals surface area contributed by atoms with Crippen LogP contribution in [0.2, 0.25) is 0 Å². The van der Waals surface area contributed by atoms with Crippen molar-refractivity contribution in [3.05, 3.63) is 22.4 Å². The van der Waals surface area contributed by atoms with Gasteiger partial charge in [-0.25, -0.2) is 12.7 Å². The molecule has 1 aliphatic carbocycles. The molecule has 2 rings (SSSR count). The van der Waals surface area contributed by atoms with Crippen molar-refractivity contribution in [1.82, 2.24) is 4.31 Å². The van der Waals surface area contributed by atoms with E-state index in [0.717, 1.165) is 12.0 Å². The molecule has 0 saturated heterocycles. The fourth-order valence-corrected chi connectivity index (χ4v) is 5.24. The molecular formula is C13H19NO4S2. The highest BCUT2D eigenvalue weighted by Crippen LogP contribution is 2.33. The van der Waals surface area contributed by atoms with Gasteiger partial charge in [-0.3, -0.25) is 4.79 Å². The molecule has 1 aliphatic rings. The zero-order chi connectivity index (χ0) is 14.8. The lowest BCUT2D eigenvalue weighted by atomic mass is 10.1. The monoisotopic (exact) mass is 317 g/mol. The molecule has 1 saturated carbocycles. The molecule has 0 aromatic carbocycles. The standard InChI is InChI=1S/C13H19NO4S2/c1-14(8-10-6-7-19-9-10)20(16,17)12-5-3-4-11(12)13(15)18-2/h6-7,9,11-12H,3-5,8H2,1-2H3. The Bertz CT molecular complexity index is 553. The van der Waals surface area contributed by atoms with Crippen LogP contribution in [0, 0.1) is 5.92 Å². The second-order valence-corrected chi connectivity index (χ2v) is 8.07. The number of hydrogen-bond donors (Lipinski definition) is 0. The van der Waals surface area contributed by atoms with Crippen molar-refractivity contribution < 1.29 is 17.9 Å². The summed E-state index contributed by atoms with van der Waals surface area (Å²) >= 11 is 1.54. The highest BCUT2D eigenvalue weighted by atomic mass is 32.2. The van der Waals surface area contributed by atoms with Crippen LogP contribution in [-0.4, -0.2) is 38.1 Å². The Morgan fingerprint density at radius 3 is 2.85 bits per heavy atom. The average molecular weight is 317 g/mol. The highest BCUT2D eigenvalue weighted by Gasteiger charge is 2.43. The van der Waals surface area contributed by atoms with Crippen molar-refractivity contribution in [2.45, 2.75) is 31.1 Å². The SMILES string of the molecule is COC(=O)C1CCCC1S(=O)(=O)N(C)Cc1ccsc1. The fraction of sp³-hybridized carbons (Fsp3) is 0.615. The van der Waals surface area contributed by atoms with Crippen LogP contribution >= 0.6 is 11.3 Å². The zero-order valence-corrected chi connectivity index (χ0v) is 13.2. The minimum atomic E-state index is -3.48. The van der Waals surface area contributed by atoms with Gasteiger partial charge in [-0.1, -0.05) is 6.42 Å². The smallest absolute Gasteiger partial charge is 0.310 e. The Morgan fingerprint density at radius 1 is 1.50 bits per heavy atom. The Morgan fingerprint density at radius 2 is 2.25 bits per heavy atom. The number of carbonyl (C=O) groups is 1. The molecule has 7 heteroatoms. The Balaban J connectivity index is 2.14. The summed E-state index contributed by atoms with van der Waals surface area (Å²) in [7, 11) is -0.608. The van der Waals surface area contributed by atoms with Gasteiger partial charge in [0, 0.05) is 13.6 Å². The van der Waals surface area contributed by atoms with E-state index in [1.54, 1.807) is 7.05 Å². The molecule has 2 unspecified atom stereocenters. The van der Waals surface area contributed by atoms with E-state index in [-0.39, 0.29) is 0 Å². The number of rotatable bonds is 5. The maximum Gasteiger partial charge on any atom is 0.310 e. The maximum absolute atomic E-state index is 12.6. The second kappa shape index (κ2) is 6.24. The summed E-state index contributed by atoms with van der Waals surface area (Å²) in [4.78, 5) is 11.7. The predicted octanol–water partition coefficient (Wildman–Crippen LogP) is 1.85. The summed E-state index contributed by atoms with van der Waals surface area (Å²) in [5, 5.41) is 3.19. The number of hydrogen-bond acceptors (Lipinski definition) is 5. The summed E-state index contributed by atoms with van der Waals surface area (Å²) in [6, 6.07) is 1.91.